The van der Waals surface area contributed by atoms with Crippen molar-refractivity contribution in [2.45, 2.75) is 19.8 Å². The van der Waals surface area contributed by atoms with Gasteiger partial charge >= 0.3 is 0 Å². The first-order valence-electron chi connectivity index (χ1n) is 4.11. The minimum Gasteiger partial charge on any atom is -0.347 e. The van der Waals surface area contributed by atoms with E-state index in [1.54, 1.807) is 6.07 Å². The molecule has 2 N–H and O–H groups in total. The van der Waals surface area contributed by atoms with Crippen molar-refractivity contribution in [3.05, 3.63) is 0 Å². The maximum atomic E-state index is 10.9. The third kappa shape index (κ3) is 6.81. The number of carbonyl (C=O) groups excluding carboxylic acids is 2. The second-order valence-electron chi connectivity index (χ2n) is 2.46. The van der Waals surface area contributed by atoms with Crippen molar-refractivity contribution in [2.75, 3.05) is 13.1 Å². The summed E-state index contributed by atoms with van der Waals surface area (Å²) in [6, 6.07) is 1.77. The lowest BCUT2D eigenvalue weighted by molar-refractivity contribution is -0.126. The van der Waals surface area contributed by atoms with E-state index in [9.17, 15) is 9.59 Å². The summed E-state index contributed by atoms with van der Waals surface area (Å²) in [6.45, 7) is 1.80. The molecular weight excluding hydrogens is 170 g/mol. The molecule has 0 saturated heterocycles. The largest absolute Gasteiger partial charge is 0.347 e. The van der Waals surface area contributed by atoms with Crippen molar-refractivity contribution < 1.29 is 9.59 Å². The maximum absolute atomic E-state index is 10.9. The molecule has 0 aliphatic carbocycles. The Morgan fingerprint density at radius 1 is 1.31 bits per heavy atom. The van der Waals surface area contributed by atoms with Gasteiger partial charge in [-0.1, -0.05) is 6.92 Å². The number of hydrogen-bond donors (Lipinski definition) is 2. The van der Waals surface area contributed by atoms with Crippen LogP contribution in [-0.2, 0) is 9.59 Å². The Kier molecular flexibility index (Phi) is 6.24. The number of nitrogens with zero attached hydrogens (tertiary/aromatic N) is 1. The Labute approximate surface area is 77.1 Å². The van der Waals surface area contributed by atoms with Crippen molar-refractivity contribution in [1.82, 2.24) is 10.6 Å². The van der Waals surface area contributed by atoms with Crippen molar-refractivity contribution in [3.63, 3.8) is 0 Å². The highest BCUT2D eigenvalue weighted by atomic mass is 16.2. The predicted octanol–water partition coefficient (Wildman–Crippen LogP) is -0.458. The van der Waals surface area contributed by atoms with E-state index in [1.807, 2.05) is 6.92 Å². The molecule has 13 heavy (non-hydrogen) atoms. The molecule has 0 aromatic heterocycles. The smallest absolute Gasteiger partial charge is 0.240 e. The molecule has 0 heterocycles. The number of carbonyl (C=O) groups is 2. The van der Waals surface area contributed by atoms with Gasteiger partial charge in [-0.25, -0.2) is 0 Å². The summed E-state index contributed by atoms with van der Waals surface area (Å²) in [5, 5.41) is 12.9. The Bertz CT molecular complexity index is 220. The molecule has 72 valence electrons. The van der Waals surface area contributed by atoms with Crippen LogP contribution < -0.4 is 10.6 Å². The van der Waals surface area contributed by atoms with Crippen LogP contribution in [0.1, 0.15) is 19.8 Å². The summed E-state index contributed by atoms with van der Waals surface area (Å²) in [5.41, 5.74) is 0. The highest BCUT2D eigenvalue weighted by Crippen LogP contribution is 1.84. The SMILES string of the molecule is CCCC(=O)NCC(=O)NCC#N. The molecule has 0 aromatic rings. The average molecular weight is 183 g/mol. The molecular formula is C8H13N3O2. The predicted molar refractivity (Wildman–Crippen MR) is 46.5 cm³/mol. The summed E-state index contributed by atoms with van der Waals surface area (Å²) >= 11 is 0. The van der Waals surface area contributed by atoms with E-state index in [0.717, 1.165) is 6.42 Å². The quantitative estimate of drug-likeness (QED) is 0.566. The van der Waals surface area contributed by atoms with Crippen molar-refractivity contribution in [2.24, 2.45) is 0 Å². The van der Waals surface area contributed by atoms with E-state index >= 15 is 0 Å². The zero-order chi connectivity index (χ0) is 10.1. The summed E-state index contributed by atoms with van der Waals surface area (Å²) in [4.78, 5) is 21.7. The molecule has 5 heteroatoms. The van der Waals surface area contributed by atoms with Gasteiger partial charge in [-0.2, -0.15) is 5.26 Å². The van der Waals surface area contributed by atoms with Crippen LogP contribution in [0.3, 0.4) is 0 Å². The van der Waals surface area contributed by atoms with Crippen LogP contribution in [0.15, 0.2) is 0 Å². The molecule has 0 saturated carbocycles. The van der Waals surface area contributed by atoms with Gasteiger partial charge in [-0.3, -0.25) is 9.59 Å². The summed E-state index contributed by atoms with van der Waals surface area (Å²) in [7, 11) is 0. The standard InChI is InChI=1S/C8H13N3O2/c1-2-3-7(12)11-6-8(13)10-5-4-9/h2-3,5-6H2,1H3,(H,10,13)(H,11,12). The molecule has 0 atom stereocenters. The van der Waals surface area contributed by atoms with Gasteiger partial charge in [0, 0.05) is 6.42 Å². The van der Waals surface area contributed by atoms with Crippen molar-refractivity contribution >= 4 is 11.8 Å². The van der Waals surface area contributed by atoms with Crippen LogP contribution in [0.4, 0.5) is 0 Å². The van der Waals surface area contributed by atoms with Gasteiger partial charge in [-0.15, -0.1) is 0 Å². The molecule has 0 bridgehead atoms. The minimum absolute atomic E-state index is 0.0253. The lowest BCUT2D eigenvalue weighted by Crippen LogP contribution is -2.36. The van der Waals surface area contributed by atoms with Crippen LogP contribution in [0.5, 0.6) is 0 Å². The average Bonchev–Trinajstić information content (AvgIpc) is 2.12. The highest BCUT2D eigenvalue weighted by Gasteiger charge is 2.02. The number of nitrogens with one attached hydrogen (secondary N) is 2. The molecule has 0 fully saturated rings. The zero-order valence-electron chi connectivity index (χ0n) is 7.59. The zero-order valence-corrected chi connectivity index (χ0v) is 7.59. The molecule has 0 rings (SSSR count). The first-order chi connectivity index (χ1) is 6.20. The normalized spacial score (nSPS) is 8.62. The number of hydrogen-bond acceptors (Lipinski definition) is 3. The molecule has 0 aliphatic heterocycles. The molecule has 5 nitrogen and oxygen atoms in total. The first kappa shape index (κ1) is 11.4. The van der Waals surface area contributed by atoms with Crippen LogP contribution in [0.2, 0.25) is 0 Å². The van der Waals surface area contributed by atoms with E-state index in [0.29, 0.717) is 6.42 Å². The van der Waals surface area contributed by atoms with Crippen LogP contribution in [0, 0.1) is 11.3 Å². The molecule has 0 aromatic carbocycles. The monoisotopic (exact) mass is 183 g/mol. The summed E-state index contributed by atoms with van der Waals surface area (Å²) < 4.78 is 0. The van der Waals surface area contributed by atoms with Gasteiger partial charge in [0.25, 0.3) is 0 Å². The number of nitriles is 1. The second-order valence-corrected chi connectivity index (χ2v) is 2.46. The van der Waals surface area contributed by atoms with E-state index in [-0.39, 0.29) is 24.9 Å². The molecule has 2 amide bonds. The highest BCUT2D eigenvalue weighted by molar-refractivity contribution is 5.84. The van der Waals surface area contributed by atoms with Gasteiger partial charge < -0.3 is 10.6 Å². The molecule has 0 aliphatic rings. The van der Waals surface area contributed by atoms with E-state index in [1.165, 1.54) is 0 Å². The number of rotatable bonds is 5. The fraction of sp³-hybridized carbons (Fsp3) is 0.625. The summed E-state index contributed by atoms with van der Waals surface area (Å²) in [6.07, 6.45) is 1.18. The van der Waals surface area contributed by atoms with Crippen LogP contribution in [0.25, 0.3) is 0 Å². The Balaban J connectivity index is 3.47. The Hall–Kier alpha value is -1.57. The fourth-order valence-electron chi connectivity index (χ4n) is 0.695. The van der Waals surface area contributed by atoms with E-state index in [2.05, 4.69) is 10.6 Å². The first-order valence-corrected chi connectivity index (χ1v) is 4.11. The lowest BCUT2D eigenvalue weighted by atomic mass is 10.3. The van der Waals surface area contributed by atoms with E-state index < -0.39 is 0 Å². The topological polar surface area (TPSA) is 82.0 Å². The third-order valence-corrected chi connectivity index (χ3v) is 1.29. The minimum atomic E-state index is -0.342. The summed E-state index contributed by atoms with van der Waals surface area (Å²) in [5.74, 6) is -0.486. The Morgan fingerprint density at radius 3 is 2.54 bits per heavy atom. The number of amides is 2. The van der Waals surface area contributed by atoms with Crippen molar-refractivity contribution in [1.29, 1.82) is 5.26 Å². The second kappa shape index (κ2) is 7.10. The Morgan fingerprint density at radius 2 is 2.00 bits per heavy atom. The van der Waals surface area contributed by atoms with E-state index in [4.69, 9.17) is 5.26 Å². The van der Waals surface area contributed by atoms with Gasteiger partial charge in [-0.05, 0) is 6.42 Å². The van der Waals surface area contributed by atoms with Gasteiger partial charge in [0.05, 0.1) is 12.6 Å². The molecule has 0 unspecified atom stereocenters. The van der Waals surface area contributed by atoms with Gasteiger partial charge in [0.2, 0.25) is 11.8 Å². The fourth-order valence-corrected chi connectivity index (χ4v) is 0.695. The molecule has 0 radical (unpaired) electrons. The van der Waals surface area contributed by atoms with Crippen molar-refractivity contribution in [3.8, 4) is 6.07 Å². The third-order valence-electron chi connectivity index (χ3n) is 1.29. The van der Waals surface area contributed by atoms with Gasteiger partial charge in [0.15, 0.2) is 0 Å². The molecule has 0 spiro atoms. The van der Waals surface area contributed by atoms with Gasteiger partial charge in [0.1, 0.15) is 6.54 Å². The van der Waals surface area contributed by atoms with Crippen LogP contribution in [-0.4, -0.2) is 24.9 Å². The van der Waals surface area contributed by atoms with Crippen LogP contribution >= 0.6 is 0 Å². The maximum Gasteiger partial charge on any atom is 0.240 e. The lowest BCUT2D eigenvalue weighted by Gasteiger charge is -2.02.